The first-order chi connectivity index (χ1) is 8.37. The number of carbonyl (C=O) groups excluding carboxylic acids is 1. The second kappa shape index (κ2) is 4.12. The van der Waals surface area contributed by atoms with E-state index in [1.807, 2.05) is 20.8 Å². The zero-order valence-electron chi connectivity index (χ0n) is 10.7. The summed E-state index contributed by atoms with van der Waals surface area (Å²) < 4.78 is 1.75. The molecule has 0 aliphatic heterocycles. The van der Waals surface area contributed by atoms with E-state index >= 15 is 0 Å². The minimum Gasteiger partial charge on any atom is -0.480 e. The number of carbonyl (C=O) groups is 2. The Kier molecular flexibility index (Phi) is 2.88. The fourth-order valence-corrected chi connectivity index (χ4v) is 1.97. The largest absolute Gasteiger partial charge is 0.480 e. The Morgan fingerprint density at radius 3 is 2.50 bits per heavy atom. The molecule has 0 spiro atoms. The van der Waals surface area contributed by atoms with Crippen LogP contribution < -0.4 is 5.32 Å². The summed E-state index contributed by atoms with van der Waals surface area (Å²) in [4.78, 5) is 23.0. The maximum atomic E-state index is 12.0. The summed E-state index contributed by atoms with van der Waals surface area (Å²) >= 11 is 0. The smallest absolute Gasteiger partial charge is 0.329 e. The average molecular weight is 251 g/mol. The predicted octanol–water partition coefficient (Wildman–Crippen LogP) is 1.12. The molecule has 18 heavy (non-hydrogen) atoms. The molecule has 98 valence electrons. The van der Waals surface area contributed by atoms with Crippen LogP contribution in [0.5, 0.6) is 0 Å². The van der Waals surface area contributed by atoms with Gasteiger partial charge in [-0.05, 0) is 33.6 Å². The third-order valence-corrected chi connectivity index (χ3v) is 3.29. The molecule has 1 aliphatic carbocycles. The third kappa shape index (κ3) is 1.98. The molecule has 1 aromatic heterocycles. The summed E-state index contributed by atoms with van der Waals surface area (Å²) in [6, 6.07) is 0.168. The van der Waals surface area contributed by atoms with Gasteiger partial charge in [0.25, 0.3) is 5.91 Å². The van der Waals surface area contributed by atoms with E-state index in [1.165, 1.54) is 6.20 Å². The molecule has 1 heterocycles. The minimum atomic E-state index is -1.05. The molecule has 1 amide bonds. The van der Waals surface area contributed by atoms with Gasteiger partial charge in [-0.2, -0.15) is 5.10 Å². The van der Waals surface area contributed by atoms with E-state index < -0.39 is 11.5 Å². The van der Waals surface area contributed by atoms with Crippen molar-refractivity contribution in [2.45, 2.75) is 45.2 Å². The highest BCUT2D eigenvalue weighted by molar-refractivity contribution is 5.99. The fourth-order valence-electron chi connectivity index (χ4n) is 1.97. The maximum Gasteiger partial charge on any atom is 0.329 e. The normalized spacial score (nSPS) is 16.7. The van der Waals surface area contributed by atoms with E-state index in [0.29, 0.717) is 18.4 Å². The van der Waals surface area contributed by atoms with Crippen molar-refractivity contribution in [2.24, 2.45) is 0 Å². The van der Waals surface area contributed by atoms with Crippen LogP contribution in [-0.2, 0) is 4.79 Å². The monoisotopic (exact) mass is 251 g/mol. The Morgan fingerprint density at radius 2 is 2.11 bits per heavy atom. The lowest BCUT2D eigenvalue weighted by atomic mass is 10.2. The van der Waals surface area contributed by atoms with Crippen molar-refractivity contribution < 1.29 is 14.7 Å². The van der Waals surface area contributed by atoms with Crippen LogP contribution in [0.2, 0.25) is 0 Å². The molecule has 0 radical (unpaired) electrons. The molecule has 0 bridgehead atoms. The lowest BCUT2D eigenvalue weighted by molar-refractivity contribution is -0.140. The third-order valence-electron chi connectivity index (χ3n) is 3.29. The number of aromatic nitrogens is 2. The molecule has 1 aliphatic rings. The van der Waals surface area contributed by atoms with E-state index in [9.17, 15) is 9.59 Å². The van der Waals surface area contributed by atoms with Crippen molar-refractivity contribution in [3.63, 3.8) is 0 Å². The second-order valence-electron chi connectivity index (χ2n) is 5.02. The Balaban J connectivity index is 2.18. The second-order valence-corrected chi connectivity index (χ2v) is 5.02. The standard InChI is InChI=1S/C12H17N3O3/c1-7(2)15-8(3)9(6-13-15)10(16)14-12(4-5-12)11(17)18/h6-7H,4-5H2,1-3H3,(H,14,16)(H,17,18). The van der Waals surface area contributed by atoms with E-state index in [2.05, 4.69) is 10.4 Å². The Hall–Kier alpha value is -1.85. The zero-order valence-corrected chi connectivity index (χ0v) is 10.7. The average Bonchev–Trinajstić information content (AvgIpc) is 2.94. The van der Waals surface area contributed by atoms with Gasteiger partial charge in [0.2, 0.25) is 0 Å². The van der Waals surface area contributed by atoms with Gasteiger partial charge in [-0.1, -0.05) is 0 Å². The van der Waals surface area contributed by atoms with Gasteiger partial charge in [0.05, 0.1) is 11.8 Å². The van der Waals surface area contributed by atoms with Crippen LogP contribution in [0, 0.1) is 6.92 Å². The summed E-state index contributed by atoms with van der Waals surface area (Å²) in [6.07, 6.45) is 2.47. The van der Waals surface area contributed by atoms with Gasteiger partial charge in [-0.15, -0.1) is 0 Å². The first kappa shape index (κ1) is 12.6. The number of aliphatic carboxylic acids is 1. The Morgan fingerprint density at radius 1 is 1.50 bits per heavy atom. The molecule has 0 atom stereocenters. The highest BCUT2D eigenvalue weighted by atomic mass is 16.4. The molecule has 1 fully saturated rings. The molecule has 0 unspecified atom stereocenters. The summed E-state index contributed by atoms with van der Waals surface area (Å²) in [6.45, 7) is 5.75. The number of carboxylic acid groups (broad SMARTS) is 1. The van der Waals surface area contributed by atoms with Crippen molar-refractivity contribution in [3.8, 4) is 0 Å². The van der Waals surface area contributed by atoms with Crippen molar-refractivity contribution in [2.75, 3.05) is 0 Å². The fraction of sp³-hybridized carbons (Fsp3) is 0.583. The molecule has 1 aromatic rings. The van der Waals surface area contributed by atoms with Gasteiger partial charge in [0.1, 0.15) is 5.54 Å². The van der Waals surface area contributed by atoms with Gasteiger partial charge in [-0.3, -0.25) is 9.48 Å². The van der Waals surface area contributed by atoms with Crippen LogP contribution in [0.1, 0.15) is 48.8 Å². The molecule has 2 N–H and O–H groups in total. The Labute approximate surface area is 105 Å². The first-order valence-corrected chi connectivity index (χ1v) is 5.97. The predicted molar refractivity (Wildman–Crippen MR) is 64.4 cm³/mol. The molecule has 1 saturated carbocycles. The van der Waals surface area contributed by atoms with E-state index in [-0.39, 0.29) is 11.9 Å². The molecular formula is C12H17N3O3. The lowest BCUT2D eigenvalue weighted by Crippen LogP contribution is -2.43. The van der Waals surface area contributed by atoms with Crippen molar-refractivity contribution in [1.82, 2.24) is 15.1 Å². The summed E-state index contributed by atoms with van der Waals surface area (Å²) in [5, 5.41) is 15.8. The number of hydrogen-bond acceptors (Lipinski definition) is 3. The molecule has 2 rings (SSSR count). The number of rotatable bonds is 4. The van der Waals surface area contributed by atoms with Crippen LogP contribution in [-0.4, -0.2) is 32.3 Å². The number of amides is 1. The van der Waals surface area contributed by atoms with Crippen LogP contribution in [0.25, 0.3) is 0 Å². The molecular weight excluding hydrogens is 234 g/mol. The SMILES string of the molecule is Cc1c(C(=O)NC2(C(=O)O)CC2)cnn1C(C)C. The quantitative estimate of drug-likeness (QED) is 0.839. The van der Waals surface area contributed by atoms with Crippen LogP contribution >= 0.6 is 0 Å². The summed E-state index contributed by atoms with van der Waals surface area (Å²) in [7, 11) is 0. The van der Waals surface area contributed by atoms with Crippen molar-refractivity contribution >= 4 is 11.9 Å². The minimum absolute atomic E-state index is 0.168. The van der Waals surface area contributed by atoms with Gasteiger partial charge in [0, 0.05) is 11.7 Å². The molecule has 6 heteroatoms. The topological polar surface area (TPSA) is 84.2 Å². The van der Waals surface area contributed by atoms with Gasteiger partial charge in [0.15, 0.2) is 0 Å². The molecule has 6 nitrogen and oxygen atoms in total. The Bertz CT molecular complexity index is 501. The van der Waals surface area contributed by atoms with Gasteiger partial charge >= 0.3 is 5.97 Å². The van der Waals surface area contributed by atoms with Crippen molar-refractivity contribution in [3.05, 3.63) is 17.5 Å². The van der Waals surface area contributed by atoms with E-state index in [0.717, 1.165) is 5.69 Å². The van der Waals surface area contributed by atoms with Gasteiger partial charge in [-0.25, -0.2) is 4.79 Å². The number of nitrogens with zero attached hydrogens (tertiary/aromatic N) is 2. The maximum absolute atomic E-state index is 12.0. The highest BCUT2D eigenvalue weighted by Crippen LogP contribution is 2.35. The highest BCUT2D eigenvalue weighted by Gasteiger charge is 2.51. The number of carboxylic acids is 1. The number of nitrogens with one attached hydrogen (secondary N) is 1. The molecule has 0 aromatic carbocycles. The van der Waals surface area contributed by atoms with Gasteiger partial charge < -0.3 is 10.4 Å². The van der Waals surface area contributed by atoms with E-state index in [4.69, 9.17) is 5.11 Å². The summed E-state index contributed by atoms with van der Waals surface area (Å²) in [5.74, 6) is -1.33. The van der Waals surface area contributed by atoms with Crippen LogP contribution in [0.15, 0.2) is 6.20 Å². The van der Waals surface area contributed by atoms with Crippen molar-refractivity contribution in [1.29, 1.82) is 0 Å². The zero-order chi connectivity index (χ0) is 13.5. The number of hydrogen-bond donors (Lipinski definition) is 2. The first-order valence-electron chi connectivity index (χ1n) is 5.97. The summed E-state index contributed by atoms with van der Waals surface area (Å²) in [5.41, 5.74) is 0.142. The molecule has 0 saturated heterocycles. The van der Waals surface area contributed by atoms with Crippen LogP contribution in [0.3, 0.4) is 0 Å². The van der Waals surface area contributed by atoms with Crippen LogP contribution in [0.4, 0.5) is 0 Å². The lowest BCUT2D eigenvalue weighted by Gasteiger charge is -2.12. The van der Waals surface area contributed by atoms with E-state index in [1.54, 1.807) is 4.68 Å².